The van der Waals surface area contributed by atoms with Crippen LogP contribution in [0.25, 0.3) is 0 Å². The zero-order valence-electron chi connectivity index (χ0n) is 14.0. The number of hydrogen-bond donors (Lipinski definition) is 2. The normalized spacial score (nSPS) is 11.7. The van der Waals surface area contributed by atoms with Crippen molar-refractivity contribution in [1.82, 2.24) is 10.6 Å². The second kappa shape index (κ2) is 8.92. The summed E-state index contributed by atoms with van der Waals surface area (Å²) in [6.45, 7) is 3.72. The Morgan fingerprint density at radius 2 is 1.74 bits per heavy atom. The van der Waals surface area contributed by atoms with E-state index >= 15 is 0 Å². The van der Waals surface area contributed by atoms with Crippen LogP contribution in [0.3, 0.4) is 0 Å². The van der Waals surface area contributed by atoms with Gasteiger partial charge in [-0.25, -0.2) is 0 Å². The average Bonchev–Trinajstić information content (AvgIpc) is 2.53. The molecule has 2 amide bonds. The number of carbonyl (C=O) groups is 3. The highest BCUT2D eigenvalue weighted by Gasteiger charge is 2.24. The predicted octanol–water partition coefficient (Wildman–Crippen LogP) is 1.08. The van der Waals surface area contributed by atoms with Crippen LogP contribution in [0.1, 0.15) is 25.8 Å². The highest BCUT2D eigenvalue weighted by atomic mass is 16.5. The van der Waals surface area contributed by atoms with E-state index < -0.39 is 17.7 Å². The molecule has 23 heavy (non-hydrogen) atoms. The minimum atomic E-state index is -0.794. The van der Waals surface area contributed by atoms with Crippen LogP contribution < -0.4 is 15.4 Å². The summed E-state index contributed by atoms with van der Waals surface area (Å²) in [6, 6.07) is 6.40. The van der Waals surface area contributed by atoms with E-state index in [9.17, 15) is 14.4 Å². The first kappa shape index (κ1) is 18.7. The number of ketones is 1. The van der Waals surface area contributed by atoms with Crippen molar-refractivity contribution in [2.75, 3.05) is 14.2 Å². The van der Waals surface area contributed by atoms with Crippen molar-refractivity contribution in [3.05, 3.63) is 29.8 Å². The number of carbonyl (C=O) groups excluding carboxylic acids is 3. The van der Waals surface area contributed by atoms with Gasteiger partial charge < -0.3 is 15.4 Å². The Hall–Kier alpha value is -2.37. The zero-order valence-corrected chi connectivity index (χ0v) is 14.0. The second-order valence-corrected chi connectivity index (χ2v) is 5.71. The van der Waals surface area contributed by atoms with Gasteiger partial charge in [0, 0.05) is 19.9 Å². The van der Waals surface area contributed by atoms with Crippen LogP contribution in [0.4, 0.5) is 0 Å². The van der Waals surface area contributed by atoms with Gasteiger partial charge in [-0.1, -0.05) is 26.0 Å². The maximum Gasteiger partial charge on any atom is 0.288 e. The van der Waals surface area contributed by atoms with Crippen LogP contribution >= 0.6 is 0 Å². The third-order valence-electron chi connectivity index (χ3n) is 3.31. The molecule has 0 fully saturated rings. The topological polar surface area (TPSA) is 84.5 Å². The van der Waals surface area contributed by atoms with Crippen molar-refractivity contribution in [2.24, 2.45) is 5.92 Å². The molecular formula is C17H24N2O4. The molecule has 0 aliphatic rings. The van der Waals surface area contributed by atoms with Crippen LogP contribution in [0.2, 0.25) is 0 Å². The smallest absolute Gasteiger partial charge is 0.288 e. The van der Waals surface area contributed by atoms with Crippen molar-refractivity contribution >= 4 is 17.6 Å². The van der Waals surface area contributed by atoms with Crippen molar-refractivity contribution in [3.8, 4) is 5.75 Å². The lowest BCUT2D eigenvalue weighted by atomic mass is 10.0. The molecule has 6 heteroatoms. The summed E-state index contributed by atoms with van der Waals surface area (Å²) in [4.78, 5) is 35.7. The maximum absolute atomic E-state index is 12.0. The molecule has 6 nitrogen and oxygen atoms in total. The lowest BCUT2D eigenvalue weighted by Gasteiger charge is -2.17. The van der Waals surface area contributed by atoms with Gasteiger partial charge >= 0.3 is 0 Å². The van der Waals surface area contributed by atoms with E-state index in [1.165, 1.54) is 7.05 Å². The molecule has 0 aliphatic heterocycles. The summed E-state index contributed by atoms with van der Waals surface area (Å²) in [6.07, 6.45) is 0.458. The van der Waals surface area contributed by atoms with E-state index in [1.54, 1.807) is 19.2 Å². The highest BCUT2D eigenvalue weighted by molar-refractivity contribution is 6.36. The summed E-state index contributed by atoms with van der Waals surface area (Å²) in [5, 5.41) is 5.02. The molecule has 1 atom stereocenters. The van der Waals surface area contributed by atoms with Crippen molar-refractivity contribution in [2.45, 2.75) is 32.7 Å². The van der Waals surface area contributed by atoms with Crippen molar-refractivity contribution < 1.29 is 19.1 Å². The van der Waals surface area contributed by atoms with Gasteiger partial charge in [-0.3, -0.25) is 14.4 Å². The van der Waals surface area contributed by atoms with Gasteiger partial charge in [-0.05, 0) is 23.6 Å². The van der Waals surface area contributed by atoms with E-state index in [2.05, 4.69) is 10.6 Å². The molecular weight excluding hydrogens is 296 g/mol. The minimum absolute atomic E-state index is 0.0910. The number of likely N-dealkylation sites (N-methyl/N-ethyl adjacent to an activating group) is 1. The number of nitrogens with one attached hydrogen (secondary N) is 2. The van der Waals surface area contributed by atoms with E-state index in [0.29, 0.717) is 12.2 Å². The van der Waals surface area contributed by atoms with Crippen molar-refractivity contribution in [3.63, 3.8) is 0 Å². The molecule has 0 heterocycles. The molecule has 0 aromatic heterocycles. The van der Waals surface area contributed by atoms with Gasteiger partial charge in [0.25, 0.3) is 5.91 Å². The third kappa shape index (κ3) is 6.10. The SMILES string of the molecule is CNC(=O)C(Cc1ccc(OC)cc1)NC(=O)C(=O)CC(C)C. The van der Waals surface area contributed by atoms with Gasteiger partial charge in [0.1, 0.15) is 11.8 Å². The Bertz CT molecular complexity index is 552. The Morgan fingerprint density at radius 1 is 1.13 bits per heavy atom. The summed E-state index contributed by atoms with van der Waals surface area (Å²) in [7, 11) is 3.06. The van der Waals surface area contributed by atoms with Gasteiger partial charge in [-0.2, -0.15) is 0 Å². The summed E-state index contributed by atoms with van der Waals surface area (Å²) >= 11 is 0. The summed E-state index contributed by atoms with van der Waals surface area (Å²) in [5.74, 6) is -0.773. The van der Waals surface area contributed by atoms with Crippen LogP contribution in [-0.4, -0.2) is 37.8 Å². The Morgan fingerprint density at radius 3 is 2.22 bits per heavy atom. The fourth-order valence-corrected chi connectivity index (χ4v) is 2.08. The number of hydrogen-bond acceptors (Lipinski definition) is 4. The molecule has 1 aromatic carbocycles. The molecule has 1 aromatic rings. The molecule has 0 bridgehead atoms. The monoisotopic (exact) mass is 320 g/mol. The number of amides is 2. The Kier molecular flexibility index (Phi) is 7.25. The molecule has 0 saturated heterocycles. The van der Waals surface area contributed by atoms with Crippen LogP contribution in [-0.2, 0) is 20.8 Å². The molecule has 0 aliphatic carbocycles. The lowest BCUT2D eigenvalue weighted by Crippen LogP contribution is -2.49. The fourth-order valence-electron chi connectivity index (χ4n) is 2.08. The van der Waals surface area contributed by atoms with E-state index in [-0.39, 0.29) is 18.2 Å². The first-order valence-corrected chi connectivity index (χ1v) is 7.55. The number of Topliss-reactive ketones (excluding diaryl/α,β-unsaturated/α-hetero) is 1. The van der Waals surface area contributed by atoms with Gasteiger partial charge in [-0.15, -0.1) is 0 Å². The molecule has 1 unspecified atom stereocenters. The van der Waals surface area contributed by atoms with Gasteiger partial charge in [0.05, 0.1) is 7.11 Å². The number of methoxy groups -OCH3 is 1. The maximum atomic E-state index is 12.0. The summed E-state index contributed by atoms with van der Waals surface area (Å²) < 4.78 is 5.08. The molecule has 2 N–H and O–H groups in total. The first-order chi connectivity index (χ1) is 10.9. The highest BCUT2D eigenvalue weighted by Crippen LogP contribution is 2.13. The largest absolute Gasteiger partial charge is 0.497 e. The van der Waals surface area contributed by atoms with Gasteiger partial charge in [0.15, 0.2) is 0 Å². The van der Waals surface area contributed by atoms with Crippen molar-refractivity contribution in [1.29, 1.82) is 0 Å². The predicted molar refractivity (Wildman–Crippen MR) is 87.2 cm³/mol. The Balaban J connectivity index is 2.77. The number of benzene rings is 1. The molecule has 1 rings (SSSR count). The van der Waals surface area contributed by atoms with Crippen LogP contribution in [0.15, 0.2) is 24.3 Å². The number of rotatable bonds is 8. The second-order valence-electron chi connectivity index (χ2n) is 5.71. The lowest BCUT2D eigenvalue weighted by molar-refractivity contribution is -0.139. The first-order valence-electron chi connectivity index (χ1n) is 7.55. The van der Waals surface area contributed by atoms with E-state index in [1.807, 2.05) is 26.0 Å². The molecule has 0 saturated carbocycles. The average molecular weight is 320 g/mol. The summed E-state index contributed by atoms with van der Waals surface area (Å²) in [5.41, 5.74) is 0.857. The van der Waals surface area contributed by atoms with Crippen LogP contribution in [0, 0.1) is 5.92 Å². The quantitative estimate of drug-likeness (QED) is 0.702. The molecule has 0 radical (unpaired) electrons. The third-order valence-corrected chi connectivity index (χ3v) is 3.31. The van der Waals surface area contributed by atoms with Crippen LogP contribution in [0.5, 0.6) is 5.75 Å². The fraction of sp³-hybridized carbons (Fsp3) is 0.471. The van der Waals surface area contributed by atoms with E-state index in [4.69, 9.17) is 4.74 Å². The number of ether oxygens (including phenoxy) is 1. The van der Waals surface area contributed by atoms with Gasteiger partial charge in [0.2, 0.25) is 11.7 Å². The standard InChI is InChI=1S/C17H24N2O4/c1-11(2)9-15(20)17(22)19-14(16(21)18-3)10-12-5-7-13(23-4)8-6-12/h5-8,11,14H,9-10H2,1-4H3,(H,18,21)(H,19,22). The molecule has 126 valence electrons. The minimum Gasteiger partial charge on any atom is -0.497 e. The zero-order chi connectivity index (χ0) is 17.4. The van der Waals surface area contributed by atoms with E-state index in [0.717, 1.165) is 5.56 Å². The Labute approximate surface area is 136 Å². The molecule has 0 spiro atoms.